The van der Waals surface area contributed by atoms with Gasteiger partial charge in [-0.25, -0.2) is 4.98 Å². The van der Waals surface area contributed by atoms with Gasteiger partial charge < -0.3 is 10.5 Å². The Hall–Kier alpha value is -0.100. The first kappa shape index (κ1) is 12.0. The van der Waals surface area contributed by atoms with Gasteiger partial charge in [0.1, 0.15) is 0 Å². The Morgan fingerprint density at radius 2 is 2.53 bits per heavy atom. The van der Waals surface area contributed by atoms with Gasteiger partial charge in [-0.2, -0.15) is 11.8 Å². The molecule has 2 aliphatic heterocycles. The summed E-state index contributed by atoms with van der Waals surface area (Å²) in [6.45, 7) is 0.864. The van der Waals surface area contributed by atoms with Crippen molar-refractivity contribution in [2.24, 2.45) is 11.7 Å². The molecular formula is C12H18N2OS2. The van der Waals surface area contributed by atoms with Gasteiger partial charge in [-0.3, -0.25) is 0 Å². The van der Waals surface area contributed by atoms with Crippen molar-refractivity contribution in [3.8, 4) is 0 Å². The van der Waals surface area contributed by atoms with Crippen LogP contribution in [0.4, 0.5) is 0 Å². The number of thiazole rings is 1. The average molecular weight is 270 g/mol. The van der Waals surface area contributed by atoms with E-state index < -0.39 is 0 Å². The number of hydrogen-bond donors (Lipinski definition) is 1. The van der Waals surface area contributed by atoms with E-state index in [1.807, 2.05) is 17.3 Å². The largest absolute Gasteiger partial charge is 0.374 e. The molecule has 2 N–H and O–H groups in total. The van der Waals surface area contributed by atoms with Gasteiger partial charge in [-0.05, 0) is 30.9 Å². The van der Waals surface area contributed by atoms with Crippen LogP contribution in [0.25, 0.3) is 0 Å². The topological polar surface area (TPSA) is 48.1 Å². The molecule has 1 aromatic heterocycles. The van der Waals surface area contributed by atoms with Gasteiger partial charge in [0.2, 0.25) is 0 Å². The summed E-state index contributed by atoms with van der Waals surface area (Å²) in [6, 6.07) is 0.0904. The highest BCUT2D eigenvalue weighted by Gasteiger charge is 2.42. The van der Waals surface area contributed by atoms with Gasteiger partial charge in [0, 0.05) is 17.7 Å². The zero-order valence-electron chi connectivity index (χ0n) is 9.80. The van der Waals surface area contributed by atoms with Gasteiger partial charge >= 0.3 is 0 Å². The number of nitrogens with zero attached hydrogens (tertiary/aromatic N) is 1. The van der Waals surface area contributed by atoms with Crippen LogP contribution in [0.5, 0.6) is 0 Å². The van der Waals surface area contributed by atoms with Crippen molar-refractivity contribution < 1.29 is 4.74 Å². The molecule has 2 aliphatic rings. The molecule has 0 saturated carbocycles. The summed E-state index contributed by atoms with van der Waals surface area (Å²) in [5, 5.41) is 2.08. The molecule has 3 rings (SSSR count). The maximum Gasteiger partial charge on any atom is 0.0795 e. The van der Waals surface area contributed by atoms with Crippen molar-refractivity contribution in [3.63, 3.8) is 0 Å². The van der Waals surface area contributed by atoms with E-state index in [1.165, 1.54) is 12.2 Å². The minimum absolute atomic E-state index is 0.0904. The maximum absolute atomic E-state index is 6.35. The van der Waals surface area contributed by atoms with Gasteiger partial charge in [0.25, 0.3) is 0 Å². The van der Waals surface area contributed by atoms with Crippen LogP contribution in [-0.4, -0.2) is 28.7 Å². The highest BCUT2D eigenvalue weighted by atomic mass is 32.2. The number of hydrogen-bond acceptors (Lipinski definition) is 5. The molecule has 0 amide bonds. The number of nitrogens with two attached hydrogens (primary N) is 1. The molecule has 5 heteroatoms. The lowest BCUT2D eigenvalue weighted by molar-refractivity contribution is -0.0835. The van der Waals surface area contributed by atoms with Crippen molar-refractivity contribution in [1.29, 1.82) is 0 Å². The standard InChI is InChI=1S/C12H18N2OS2/c13-11(10-6-17-8-14-10)9-1-3-15-12(5-9)2-4-16-7-12/h6,8-9,11H,1-5,7,13H2. The molecule has 3 atom stereocenters. The third kappa shape index (κ3) is 2.38. The second-order valence-corrected chi connectivity index (χ2v) is 6.85. The number of ether oxygens (including phenoxy) is 1. The summed E-state index contributed by atoms with van der Waals surface area (Å²) >= 11 is 3.64. The average Bonchev–Trinajstić information content (AvgIpc) is 3.00. The molecule has 3 nitrogen and oxygen atoms in total. The summed E-state index contributed by atoms with van der Waals surface area (Å²) in [6.07, 6.45) is 3.38. The Bertz CT molecular complexity index is 363. The molecule has 1 aromatic rings. The summed E-state index contributed by atoms with van der Waals surface area (Å²) in [5.74, 6) is 2.91. The number of aromatic nitrogens is 1. The van der Waals surface area contributed by atoms with Crippen molar-refractivity contribution in [2.45, 2.75) is 30.9 Å². The minimum atomic E-state index is 0.0904. The predicted molar refractivity (Wildman–Crippen MR) is 72.4 cm³/mol. The van der Waals surface area contributed by atoms with Crippen molar-refractivity contribution in [1.82, 2.24) is 4.98 Å². The Morgan fingerprint density at radius 3 is 3.24 bits per heavy atom. The smallest absolute Gasteiger partial charge is 0.0795 e. The third-order valence-electron chi connectivity index (χ3n) is 3.90. The molecule has 3 heterocycles. The van der Waals surface area contributed by atoms with Crippen molar-refractivity contribution >= 4 is 23.1 Å². The highest BCUT2D eigenvalue weighted by molar-refractivity contribution is 7.99. The summed E-state index contributed by atoms with van der Waals surface area (Å²) in [5.41, 5.74) is 9.40. The van der Waals surface area contributed by atoms with Crippen LogP contribution in [-0.2, 0) is 4.74 Å². The molecule has 2 saturated heterocycles. The molecule has 17 heavy (non-hydrogen) atoms. The molecule has 0 aromatic carbocycles. The number of rotatable bonds is 2. The Kier molecular flexibility index (Phi) is 3.43. The van der Waals surface area contributed by atoms with E-state index in [4.69, 9.17) is 10.5 Å². The number of thioether (sulfide) groups is 1. The lowest BCUT2D eigenvalue weighted by atomic mass is 9.81. The van der Waals surface area contributed by atoms with Crippen molar-refractivity contribution in [2.75, 3.05) is 18.1 Å². The fourth-order valence-electron chi connectivity index (χ4n) is 2.86. The van der Waals surface area contributed by atoms with E-state index in [9.17, 15) is 0 Å². The van der Waals surface area contributed by atoms with E-state index in [0.717, 1.165) is 30.9 Å². The van der Waals surface area contributed by atoms with Crippen LogP contribution < -0.4 is 5.73 Å². The summed E-state index contributed by atoms with van der Waals surface area (Å²) in [7, 11) is 0. The van der Waals surface area contributed by atoms with Crippen LogP contribution >= 0.6 is 23.1 Å². The van der Waals surface area contributed by atoms with E-state index in [-0.39, 0.29) is 11.6 Å². The zero-order valence-corrected chi connectivity index (χ0v) is 11.4. The van der Waals surface area contributed by atoms with Gasteiger partial charge in [0.05, 0.1) is 22.8 Å². The summed E-state index contributed by atoms with van der Waals surface area (Å²) < 4.78 is 6.03. The quantitative estimate of drug-likeness (QED) is 0.897. The lowest BCUT2D eigenvalue weighted by Gasteiger charge is -2.39. The van der Waals surface area contributed by atoms with Crippen LogP contribution in [0.3, 0.4) is 0 Å². The molecule has 0 aliphatic carbocycles. The fraction of sp³-hybridized carbons (Fsp3) is 0.750. The molecular weight excluding hydrogens is 252 g/mol. The Labute approximate surface area is 110 Å². The minimum Gasteiger partial charge on any atom is -0.374 e. The van der Waals surface area contributed by atoms with E-state index >= 15 is 0 Å². The maximum atomic E-state index is 6.35. The Morgan fingerprint density at radius 1 is 1.59 bits per heavy atom. The molecule has 3 unspecified atom stereocenters. The molecule has 0 bridgehead atoms. The van der Waals surface area contributed by atoms with Crippen LogP contribution in [0.2, 0.25) is 0 Å². The van der Waals surface area contributed by atoms with E-state index in [2.05, 4.69) is 10.4 Å². The monoisotopic (exact) mass is 270 g/mol. The zero-order chi connectivity index (χ0) is 11.7. The van der Waals surface area contributed by atoms with Crippen molar-refractivity contribution in [3.05, 3.63) is 16.6 Å². The Balaban J connectivity index is 1.71. The first-order valence-corrected chi connectivity index (χ1v) is 8.24. The lowest BCUT2D eigenvalue weighted by Crippen LogP contribution is -2.42. The second kappa shape index (κ2) is 4.88. The first-order valence-electron chi connectivity index (χ1n) is 6.14. The molecule has 1 spiro atoms. The van der Waals surface area contributed by atoms with Crippen LogP contribution in [0, 0.1) is 5.92 Å². The van der Waals surface area contributed by atoms with Gasteiger partial charge in [-0.15, -0.1) is 11.3 Å². The SMILES string of the molecule is NC(c1cscn1)C1CCOC2(CCSC2)C1. The normalized spacial score (nSPS) is 35.2. The highest BCUT2D eigenvalue weighted by Crippen LogP contribution is 2.43. The molecule has 0 radical (unpaired) electrons. The van der Waals surface area contributed by atoms with Gasteiger partial charge in [0.15, 0.2) is 0 Å². The van der Waals surface area contributed by atoms with E-state index in [1.54, 1.807) is 11.3 Å². The summed E-state index contributed by atoms with van der Waals surface area (Å²) in [4.78, 5) is 4.35. The molecule has 2 fully saturated rings. The van der Waals surface area contributed by atoms with Crippen LogP contribution in [0.15, 0.2) is 10.9 Å². The van der Waals surface area contributed by atoms with Crippen LogP contribution in [0.1, 0.15) is 31.0 Å². The fourth-order valence-corrected chi connectivity index (χ4v) is 4.84. The third-order valence-corrected chi connectivity index (χ3v) is 5.73. The predicted octanol–water partition coefficient (Wildman–Crippen LogP) is 2.45. The molecule has 94 valence electrons. The van der Waals surface area contributed by atoms with Gasteiger partial charge in [-0.1, -0.05) is 0 Å². The first-order chi connectivity index (χ1) is 8.29. The second-order valence-electron chi connectivity index (χ2n) is 5.03. The van der Waals surface area contributed by atoms with E-state index in [0.29, 0.717) is 5.92 Å².